The Morgan fingerprint density at radius 2 is 1.84 bits per heavy atom. The SMILES string of the molecule is CCc1nc2c(cnn2CC)c(NC2CCOCC2)c1CN(Cc1ccc(OC)c(-c2cccc(CN3CCNC[C@@H]3C)c2)c1)C(=O)c1cc(C)cc(C(N)=O)c1. The summed E-state index contributed by atoms with van der Waals surface area (Å²) in [6.45, 7) is 14.8. The van der Waals surface area contributed by atoms with Crippen LogP contribution in [-0.2, 0) is 37.3 Å². The number of nitrogens with two attached hydrogens (primary N) is 1. The number of primary amides is 1. The molecule has 7 rings (SSSR count). The van der Waals surface area contributed by atoms with Gasteiger partial charge in [-0.05, 0) is 98.7 Å². The van der Waals surface area contributed by atoms with Gasteiger partial charge in [0.25, 0.3) is 5.91 Å². The number of fused-ring (bicyclic) bond motifs is 1. The molecule has 2 amide bonds. The monoisotopic (exact) mass is 772 g/mol. The summed E-state index contributed by atoms with van der Waals surface area (Å²) in [6.07, 6.45) is 4.29. The van der Waals surface area contributed by atoms with E-state index in [-0.39, 0.29) is 18.5 Å². The summed E-state index contributed by atoms with van der Waals surface area (Å²) in [6, 6.07) is 20.6. The molecule has 4 N–H and O–H groups in total. The Labute approximate surface area is 335 Å². The van der Waals surface area contributed by atoms with Gasteiger partial charge in [0, 0.05) is 92.5 Å². The van der Waals surface area contributed by atoms with Crippen LogP contribution in [0.3, 0.4) is 0 Å². The summed E-state index contributed by atoms with van der Waals surface area (Å²) in [5, 5.41) is 13.0. The van der Waals surface area contributed by atoms with Crippen molar-refractivity contribution in [3.8, 4) is 16.9 Å². The lowest BCUT2D eigenvalue weighted by Crippen LogP contribution is -2.49. The van der Waals surface area contributed by atoms with Gasteiger partial charge in [-0.3, -0.25) is 14.5 Å². The Bertz CT molecular complexity index is 2230. The van der Waals surface area contributed by atoms with Crippen molar-refractivity contribution in [3.63, 3.8) is 0 Å². The molecule has 2 saturated heterocycles. The van der Waals surface area contributed by atoms with Crippen molar-refractivity contribution in [3.05, 3.63) is 106 Å². The molecule has 2 aliphatic heterocycles. The molecule has 0 aliphatic carbocycles. The van der Waals surface area contributed by atoms with Gasteiger partial charge >= 0.3 is 0 Å². The van der Waals surface area contributed by atoms with Crippen LogP contribution in [0.4, 0.5) is 5.69 Å². The van der Waals surface area contributed by atoms with Crippen LogP contribution in [0.5, 0.6) is 5.75 Å². The number of nitrogens with zero attached hydrogens (tertiary/aromatic N) is 5. The Hall–Kier alpha value is -5.30. The maximum absolute atomic E-state index is 14.9. The molecule has 300 valence electrons. The van der Waals surface area contributed by atoms with Crippen molar-refractivity contribution < 1.29 is 19.1 Å². The van der Waals surface area contributed by atoms with Gasteiger partial charge in [-0.1, -0.05) is 31.2 Å². The minimum Gasteiger partial charge on any atom is -0.496 e. The van der Waals surface area contributed by atoms with E-state index in [1.165, 1.54) is 5.56 Å². The molecule has 2 aromatic heterocycles. The van der Waals surface area contributed by atoms with Crippen molar-refractivity contribution >= 4 is 28.5 Å². The molecule has 12 heteroatoms. The number of piperazine rings is 1. The molecular weight excluding hydrogens is 717 g/mol. The number of nitrogens with one attached hydrogen (secondary N) is 2. The fraction of sp³-hybridized carbons (Fsp3) is 0.422. The van der Waals surface area contributed by atoms with E-state index in [2.05, 4.69) is 66.6 Å². The highest BCUT2D eigenvalue weighted by Gasteiger charge is 2.27. The third kappa shape index (κ3) is 8.98. The smallest absolute Gasteiger partial charge is 0.254 e. The number of benzene rings is 3. The molecule has 5 aromatic rings. The largest absolute Gasteiger partial charge is 0.496 e. The van der Waals surface area contributed by atoms with Gasteiger partial charge in [-0.15, -0.1) is 0 Å². The lowest BCUT2D eigenvalue weighted by atomic mass is 9.98. The van der Waals surface area contributed by atoms with E-state index in [0.29, 0.717) is 49.9 Å². The van der Waals surface area contributed by atoms with Crippen molar-refractivity contribution in [1.82, 2.24) is 29.9 Å². The number of pyridine rings is 1. The average Bonchev–Trinajstić information content (AvgIpc) is 3.65. The van der Waals surface area contributed by atoms with Gasteiger partial charge in [0.05, 0.1) is 30.9 Å². The number of methoxy groups -OCH3 is 1. The summed E-state index contributed by atoms with van der Waals surface area (Å²) < 4.78 is 13.5. The third-order valence-corrected chi connectivity index (χ3v) is 11.3. The number of rotatable bonds is 14. The highest BCUT2D eigenvalue weighted by atomic mass is 16.5. The van der Waals surface area contributed by atoms with Gasteiger partial charge in [0.1, 0.15) is 5.75 Å². The van der Waals surface area contributed by atoms with Crippen LogP contribution in [0.1, 0.15) is 82.3 Å². The van der Waals surface area contributed by atoms with Gasteiger partial charge in [-0.2, -0.15) is 5.10 Å². The molecule has 3 aromatic carbocycles. The van der Waals surface area contributed by atoms with Gasteiger partial charge < -0.3 is 30.7 Å². The molecule has 0 unspecified atom stereocenters. The maximum Gasteiger partial charge on any atom is 0.254 e. The summed E-state index contributed by atoms with van der Waals surface area (Å²) in [7, 11) is 1.69. The van der Waals surface area contributed by atoms with E-state index in [4.69, 9.17) is 25.3 Å². The summed E-state index contributed by atoms with van der Waals surface area (Å²) in [5.74, 6) is -0.0337. The van der Waals surface area contributed by atoms with Crippen LogP contribution in [0.2, 0.25) is 0 Å². The first kappa shape index (κ1) is 39.9. The summed E-state index contributed by atoms with van der Waals surface area (Å²) in [4.78, 5) is 36.8. The normalized spacial score (nSPS) is 16.5. The Morgan fingerprint density at radius 3 is 2.58 bits per heavy atom. The lowest BCUT2D eigenvalue weighted by Gasteiger charge is -2.34. The second kappa shape index (κ2) is 17.9. The number of carbonyl (C=O) groups is 2. The lowest BCUT2D eigenvalue weighted by molar-refractivity contribution is 0.0729. The topological polar surface area (TPSA) is 140 Å². The Morgan fingerprint density at radius 1 is 1.04 bits per heavy atom. The number of hydrogen-bond donors (Lipinski definition) is 3. The van der Waals surface area contributed by atoms with Crippen LogP contribution in [0.15, 0.2) is 66.9 Å². The fourth-order valence-corrected chi connectivity index (χ4v) is 8.19. The molecule has 12 nitrogen and oxygen atoms in total. The minimum absolute atomic E-state index is 0.200. The number of anilines is 1. The van der Waals surface area contributed by atoms with Gasteiger partial charge in [-0.25, -0.2) is 9.67 Å². The van der Waals surface area contributed by atoms with Gasteiger partial charge in [0.2, 0.25) is 5.91 Å². The third-order valence-electron chi connectivity index (χ3n) is 11.3. The zero-order valence-corrected chi connectivity index (χ0v) is 33.9. The number of ether oxygens (including phenoxy) is 2. The van der Waals surface area contributed by atoms with Crippen LogP contribution < -0.4 is 21.1 Å². The first-order valence-electron chi connectivity index (χ1n) is 20.3. The van der Waals surface area contributed by atoms with E-state index < -0.39 is 5.91 Å². The van der Waals surface area contributed by atoms with Crippen LogP contribution >= 0.6 is 0 Å². The molecule has 0 saturated carbocycles. The number of aryl methyl sites for hydroxylation is 3. The van der Waals surface area contributed by atoms with Crippen LogP contribution in [0, 0.1) is 6.92 Å². The second-order valence-electron chi connectivity index (χ2n) is 15.4. The predicted octanol–water partition coefficient (Wildman–Crippen LogP) is 6.32. The second-order valence-corrected chi connectivity index (χ2v) is 15.4. The molecule has 0 bridgehead atoms. The van der Waals surface area contributed by atoms with E-state index in [1.807, 2.05) is 40.9 Å². The molecule has 0 spiro atoms. The number of carbonyl (C=O) groups excluding carboxylic acids is 2. The Balaban J connectivity index is 1.30. The number of amides is 2. The first-order chi connectivity index (χ1) is 27.6. The van der Waals surface area contributed by atoms with Crippen molar-refractivity contribution in [1.29, 1.82) is 0 Å². The quantitative estimate of drug-likeness (QED) is 0.118. The van der Waals surface area contributed by atoms with E-state index in [1.54, 1.807) is 19.2 Å². The zero-order valence-electron chi connectivity index (χ0n) is 33.9. The molecule has 57 heavy (non-hydrogen) atoms. The van der Waals surface area contributed by atoms with Crippen LogP contribution in [-0.4, -0.2) is 88.4 Å². The van der Waals surface area contributed by atoms with Crippen molar-refractivity contribution in [2.24, 2.45) is 5.73 Å². The zero-order chi connectivity index (χ0) is 40.1. The summed E-state index contributed by atoms with van der Waals surface area (Å²) in [5.41, 5.74) is 15.0. The molecular formula is C45H56N8O4. The fourth-order valence-electron chi connectivity index (χ4n) is 8.19. The maximum atomic E-state index is 14.9. The van der Waals surface area contributed by atoms with Crippen LogP contribution in [0.25, 0.3) is 22.2 Å². The predicted molar refractivity (Wildman–Crippen MR) is 224 cm³/mol. The molecule has 0 radical (unpaired) electrons. The van der Waals surface area contributed by atoms with E-state index >= 15 is 0 Å². The van der Waals surface area contributed by atoms with E-state index in [0.717, 1.165) is 95.0 Å². The first-order valence-corrected chi connectivity index (χ1v) is 20.3. The highest BCUT2D eigenvalue weighted by Crippen LogP contribution is 2.35. The van der Waals surface area contributed by atoms with E-state index in [9.17, 15) is 9.59 Å². The molecule has 1 atom stereocenters. The molecule has 2 fully saturated rings. The number of aromatic nitrogens is 3. The summed E-state index contributed by atoms with van der Waals surface area (Å²) >= 11 is 0. The van der Waals surface area contributed by atoms with Crippen molar-refractivity contribution in [2.45, 2.75) is 85.2 Å². The molecule has 2 aliphatic rings. The molecule has 4 heterocycles. The highest BCUT2D eigenvalue weighted by molar-refractivity contribution is 6.00. The Kier molecular flexibility index (Phi) is 12.5. The number of hydrogen-bond acceptors (Lipinski definition) is 9. The standard InChI is InChI=1S/C45H56N8O4/c1-6-40-39(42(49-36-13-17-57-18-14-36)38-25-48-53(7-2)44(38)50-40)28-52(45(55)35-20-29(3)19-34(23-35)43(46)54)27-32-11-12-41(56-5)37(22-32)33-10-8-9-31(21-33)26-51-16-15-47-24-30(51)4/h8-12,19-23,25,30,36,47H,6-7,13-18,24,26-28H2,1-5H3,(H2,46,54)(H,49,50)/t30-/m0/s1. The van der Waals surface area contributed by atoms with Crippen molar-refractivity contribution in [2.75, 3.05) is 45.3 Å². The van der Waals surface area contributed by atoms with Gasteiger partial charge in [0.15, 0.2) is 5.65 Å². The minimum atomic E-state index is -0.577. The average molecular weight is 773 g/mol.